The van der Waals surface area contributed by atoms with E-state index in [-0.39, 0.29) is 0 Å². The van der Waals surface area contributed by atoms with Crippen LogP contribution in [0, 0.1) is 0 Å². The number of aromatic nitrogens is 3. The van der Waals surface area contributed by atoms with Crippen LogP contribution in [-0.4, -0.2) is 14.5 Å². The standard InChI is InChI=1S/C45H27N3O/c1-2-13-28(14-3-1)42-32-16-4-8-21-37(32)46-44(47-42)29-25-26-41-36(27-29)45(34-19-7-11-24-40(34)49-41)33-18-6-10-23-39(33)48-38-22-9-5-15-30(38)31-17-12-20-35(45)43(31)48/h1-27H. The Bertz CT molecular complexity index is 2820. The SMILES string of the molecule is c1ccc(-c2nc(-c3ccc4c(c3)C3(c5ccccc5O4)c4ccccc4-n4c5ccccc5c5cccc3c54)nc3ccccc23)cc1. The quantitative estimate of drug-likeness (QED) is 0.192. The number of ether oxygens (including phenoxy) is 1. The molecule has 0 aliphatic carbocycles. The van der Waals surface area contributed by atoms with E-state index in [2.05, 4.69) is 156 Å². The Balaban J connectivity index is 1.26. The summed E-state index contributed by atoms with van der Waals surface area (Å²) in [6, 6.07) is 58.1. The van der Waals surface area contributed by atoms with E-state index in [1.165, 1.54) is 38.6 Å². The Morgan fingerprint density at radius 3 is 2.08 bits per heavy atom. The molecule has 11 rings (SSSR count). The highest BCUT2D eigenvalue weighted by atomic mass is 16.5. The summed E-state index contributed by atoms with van der Waals surface area (Å²) in [7, 11) is 0. The van der Waals surface area contributed by atoms with Crippen LogP contribution in [0.5, 0.6) is 11.5 Å². The van der Waals surface area contributed by atoms with Gasteiger partial charge in [0.25, 0.3) is 0 Å². The van der Waals surface area contributed by atoms with Crippen LogP contribution < -0.4 is 4.74 Å². The molecule has 4 heteroatoms. The molecule has 0 fully saturated rings. The molecule has 4 nitrogen and oxygen atoms in total. The van der Waals surface area contributed by atoms with Gasteiger partial charge in [-0.15, -0.1) is 0 Å². The molecule has 49 heavy (non-hydrogen) atoms. The largest absolute Gasteiger partial charge is 0.457 e. The van der Waals surface area contributed by atoms with Gasteiger partial charge in [-0.2, -0.15) is 0 Å². The molecule has 4 heterocycles. The topological polar surface area (TPSA) is 39.9 Å². The number of hydrogen-bond donors (Lipinski definition) is 0. The molecule has 0 bridgehead atoms. The van der Waals surface area contributed by atoms with Crippen molar-refractivity contribution >= 4 is 32.7 Å². The van der Waals surface area contributed by atoms with Crippen LogP contribution in [0.3, 0.4) is 0 Å². The average molecular weight is 626 g/mol. The maximum Gasteiger partial charge on any atom is 0.160 e. The van der Waals surface area contributed by atoms with Crippen molar-refractivity contribution in [2.75, 3.05) is 0 Å². The molecule has 1 spiro atoms. The molecule has 2 aromatic heterocycles. The third kappa shape index (κ3) is 3.47. The normalized spacial score (nSPS) is 15.6. The first-order valence-corrected chi connectivity index (χ1v) is 16.7. The number of nitrogens with zero attached hydrogens (tertiary/aromatic N) is 3. The van der Waals surface area contributed by atoms with Gasteiger partial charge in [-0.3, -0.25) is 0 Å². The van der Waals surface area contributed by atoms with Crippen molar-refractivity contribution in [1.29, 1.82) is 0 Å². The fourth-order valence-electron chi connectivity index (χ4n) is 8.48. The van der Waals surface area contributed by atoms with Gasteiger partial charge < -0.3 is 9.30 Å². The van der Waals surface area contributed by atoms with Gasteiger partial charge in [-0.05, 0) is 53.6 Å². The van der Waals surface area contributed by atoms with E-state index in [0.29, 0.717) is 5.82 Å². The molecule has 1 atom stereocenters. The summed E-state index contributed by atoms with van der Waals surface area (Å²) in [6.07, 6.45) is 0. The van der Waals surface area contributed by atoms with Gasteiger partial charge in [-0.25, -0.2) is 9.97 Å². The van der Waals surface area contributed by atoms with E-state index in [9.17, 15) is 0 Å². The number of rotatable bonds is 2. The van der Waals surface area contributed by atoms with Crippen LogP contribution in [0.4, 0.5) is 0 Å². The molecular formula is C45H27N3O. The van der Waals surface area contributed by atoms with Gasteiger partial charge >= 0.3 is 0 Å². The fraction of sp³-hybridized carbons (Fsp3) is 0.0222. The Morgan fingerprint density at radius 1 is 0.469 bits per heavy atom. The molecule has 0 amide bonds. The Kier molecular flexibility index (Phi) is 5.28. The second-order valence-electron chi connectivity index (χ2n) is 12.9. The summed E-state index contributed by atoms with van der Waals surface area (Å²) >= 11 is 0. The smallest absolute Gasteiger partial charge is 0.160 e. The summed E-state index contributed by atoms with van der Waals surface area (Å²) in [6.45, 7) is 0. The minimum atomic E-state index is -0.653. The van der Waals surface area contributed by atoms with Gasteiger partial charge in [0.15, 0.2) is 5.82 Å². The summed E-state index contributed by atoms with van der Waals surface area (Å²) in [5.74, 6) is 2.39. The molecule has 0 saturated heterocycles. The molecule has 1 unspecified atom stereocenters. The van der Waals surface area contributed by atoms with Gasteiger partial charge in [0.1, 0.15) is 11.5 Å². The van der Waals surface area contributed by atoms with Crippen molar-refractivity contribution in [2.24, 2.45) is 0 Å². The summed E-state index contributed by atoms with van der Waals surface area (Å²) in [5, 5.41) is 3.53. The van der Waals surface area contributed by atoms with Crippen molar-refractivity contribution in [1.82, 2.24) is 14.5 Å². The molecule has 0 saturated carbocycles. The number of para-hydroxylation sites is 5. The maximum atomic E-state index is 6.77. The van der Waals surface area contributed by atoms with E-state index < -0.39 is 5.41 Å². The molecule has 9 aromatic rings. The number of hydrogen-bond acceptors (Lipinski definition) is 3. The van der Waals surface area contributed by atoms with Crippen LogP contribution in [-0.2, 0) is 5.41 Å². The summed E-state index contributed by atoms with van der Waals surface area (Å²) in [4.78, 5) is 10.4. The third-order valence-corrected chi connectivity index (χ3v) is 10.5. The summed E-state index contributed by atoms with van der Waals surface area (Å²) < 4.78 is 9.23. The Morgan fingerprint density at radius 2 is 1.16 bits per heavy atom. The van der Waals surface area contributed by atoms with Crippen molar-refractivity contribution in [3.63, 3.8) is 0 Å². The zero-order chi connectivity index (χ0) is 32.1. The van der Waals surface area contributed by atoms with Gasteiger partial charge in [0.05, 0.1) is 33.3 Å². The molecule has 228 valence electrons. The number of fused-ring (bicyclic) bond motifs is 12. The van der Waals surface area contributed by atoms with Crippen molar-refractivity contribution < 1.29 is 4.74 Å². The van der Waals surface area contributed by atoms with Crippen LogP contribution in [0.1, 0.15) is 22.3 Å². The first-order valence-electron chi connectivity index (χ1n) is 16.7. The molecule has 2 aliphatic heterocycles. The first-order chi connectivity index (χ1) is 24.3. The van der Waals surface area contributed by atoms with Gasteiger partial charge in [-0.1, -0.05) is 121 Å². The lowest BCUT2D eigenvalue weighted by Crippen LogP contribution is -2.37. The van der Waals surface area contributed by atoms with Crippen LogP contribution in [0.15, 0.2) is 164 Å². The van der Waals surface area contributed by atoms with E-state index in [1.807, 2.05) is 12.1 Å². The Labute approximate surface area is 282 Å². The minimum Gasteiger partial charge on any atom is -0.457 e. The highest BCUT2D eigenvalue weighted by molar-refractivity contribution is 6.12. The lowest BCUT2D eigenvalue weighted by atomic mass is 9.61. The lowest BCUT2D eigenvalue weighted by Gasteiger charge is -2.45. The predicted octanol–water partition coefficient (Wildman–Crippen LogP) is 10.9. The van der Waals surface area contributed by atoms with Crippen LogP contribution >= 0.6 is 0 Å². The van der Waals surface area contributed by atoms with Gasteiger partial charge in [0.2, 0.25) is 0 Å². The Hall–Kier alpha value is -6.52. The fourth-order valence-corrected chi connectivity index (χ4v) is 8.48. The van der Waals surface area contributed by atoms with E-state index in [4.69, 9.17) is 14.7 Å². The number of benzene rings is 7. The van der Waals surface area contributed by atoms with Crippen molar-refractivity contribution in [3.05, 3.63) is 186 Å². The summed E-state index contributed by atoms with van der Waals surface area (Å²) in [5.41, 5.74) is 11.5. The van der Waals surface area contributed by atoms with Gasteiger partial charge in [0, 0.05) is 38.4 Å². The second kappa shape index (κ2) is 9.75. The third-order valence-electron chi connectivity index (χ3n) is 10.5. The first kappa shape index (κ1) is 26.5. The molecule has 2 aliphatic rings. The molecule has 0 N–H and O–H groups in total. The zero-order valence-corrected chi connectivity index (χ0v) is 26.3. The van der Waals surface area contributed by atoms with Crippen LogP contribution in [0.25, 0.3) is 61.0 Å². The van der Waals surface area contributed by atoms with Crippen molar-refractivity contribution in [3.8, 4) is 39.8 Å². The monoisotopic (exact) mass is 625 g/mol. The minimum absolute atomic E-state index is 0.653. The average Bonchev–Trinajstić information content (AvgIpc) is 3.51. The lowest BCUT2D eigenvalue weighted by molar-refractivity contribution is 0.434. The molecule has 0 radical (unpaired) electrons. The highest BCUT2D eigenvalue weighted by Gasteiger charge is 2.50. The van der Waals surface area contributed by atoms with Crippen molar-refractivity contribution in [2.45, 2.75) is 5.41 Å². The zero-order valence-electron chi connectivity index (χ0n) is 26.3. The maximum absolute atomic E-state index is 6.77. The van der Waals surface area contributed by atoms with E-state index in [0.717, 1.165) is 50.3 Å². The molecular weight excluding hydrogens is 599 g/mol. The molecule has 7 aromatic carbocycles. The second-order valence-corrected chi connectivity index (χ2v) is 12.9. The van der Waals surface area contributed by atoms with Crippen LogP contribution in [0.2, 0.25) is 0 Å². The van der Waals surface area contributed by atoms with E-state index >= 15 is 0 Å². The van der Waals surface area contributed by atoms with E-state index in [1.54, 1.807) is 0 Å². The predicted molar refractivity (Wildman–Crippen MR) is 197 cm³/mol. The highest BCUT2D eigenvalue weighted by Crippen LogP contribution is 2.60.